The lowest BCUT2D eigenvalue weighted by Gasteiger charge is -2.30. The van der Waals surface area contributed by atoms with E-state index < -0.39 is 40.0 Å². The molecule has 1 amide bonds. The van der Waals surface area contributed by atoms with E-state index in [0.717, 1.165) is 12.1 Å². The van der Waals surface area contributed by atoms with Crippen LogP contribution in [0.2, 0.25) is 5.02 Å². The van der Waals surface area contributed by atoms with Gasteiger partial charge in [-0.05, 0) is 25.0 Å². The van der Waals surface area contributed by atoms with Crippen molar-refractivity contribution < 1.29 is 23.5 Å². The van der Waals surface area contributed by atoms with Crippen molar-refractivity contribution in [1.29, 1.82) is 0 Å². The van der Waals surface area contributed by atoms with Crippen molar-refractivity contribution in [3.05, 3.63) is 34.4 Å². The molecule has 1 aliphatic heterocycles. The molecule has 0 unspecified atom stereocenters. The summed E-state index contributed by atoms with van der Waals surface area (Å²) in [5.74, 6) is -4.19. The zero-order chi connectivity index (χ0) is 14.9. The van der Waals surface area contributed by atoms with Gasteiger partial charge in [-0.3, -0.25) is 9.59 Å². The van der Waals surface area contributed by atoms with Crippen LogP contribution in [0.4, 0.5) is 8.78 Å². The summed E-state index contributed by atoms with van der Waals surface area (Å²) in [7, 11) is 0. The first-order valence-electron chi connectivity index (χ1n) is 6.06. The van der Waals surface area contributed by atoms with E-state index in [0.29, 0.717) is 19.4 Å². The number of nitrogens with zero attached hydrogens (tertiary/aromatic N) is 1. The summed E-state index contributed by atoms with van der Waals surface area (Å²) < 4.78 is 27.0. The number of carboxylic acid groups (broad SMARTS) is 1. The highest BCUT2D eigenvalue weighted by atomic mass is 35.5. The molecule has 20 heavy (non-hydrogen) atoms. The third kappa shape index (κ3) is 2.90. The molecule has 4 nitrogen and oxygen atoms in total. The van der Waals surface area contributed by atoms with Gasteiger partial charge in [0.2, 0.25) is 0 Å². The maximum atomic E-state index is 13.7. The average molecular weight is 304 g/mol. The second-order valence-corrected chi connectivity index (χ2v) is 5.08. The van der Waals surface area contributed by atoms with E-state index in [2.05, 4.69) is 0 Å². The quantitative estimate of drug-likeness (QED) is 0.854. The molecule has 1 fully saturated rings. The highest BCUT2D eigenvalue weighted by Crippen LogP contribution is 2.23. The Morgan fingerprint density at radius 3 is 2.65 bits per heavy atom. The van der Waals surface area contributed by atoms with Crippen molar-refractivity contribution in [3.63, 3.8) is 0 Å². The Balaban J connectivity index is 2.23. The van der Waals surface area contributed by atoms with Crippen molar-refractivity contribution in [2.45, 2.75) is 12.8 Å². The van der Waals surface area contributed by atoms with E-state index in [9.17, 15) is 18.4 Å². The number of carbonyl (C=O) groups is 2. The maximum Gasteiger partial charge on any atom is 0.308 e. The van der Waals surface area contributed by atoms with Gasteiger partial charge in [0, 0.05) is 13.1 Å². The number of rotatable bonds is 2. The van der Waals surface area contributed by atoms with Gasteiger partial charge in [0.1, 0.15) is 11.6 Å². The van der Waals surface area contributed by atoms with Crippen LogP contribution in [0, 0.1) is 17.6 Å². The van der Waals surface area contributed by atoms with Crippen LogP contribution >= 0.6 is 11.6 Å². The first-order chi connectivity index (χ1) is 9.40. The van der Waals surface area contributed by atoms with Crippen LogP contribution in [0.25, 0.3) is 0 Å². The minimum absolute atomic E-state index is 0.00213. The fourth-order valence-corrected chi connectivity index (χ4v) is 2.37. The average Bonchev–Trinajstić information content (AvgIpc) is 2.42. The summed E-state index contributed by atoms with van der Waals surface area (Å²) in [6.07, 6.45) is 0.983. The number of amides is 1. The Morgan fingerprint density at radius 2 is 2.00 bits per heavy atom. The number of carboxylic acids is 1. The second kappa shape index (κ2) is 5.75. The third-order valence-corrected chi connectivity index (χ3v) is 3.59. The molecule has 0 aromatic heterocycles. The number of benzene rings is 1. The van der Waals surface area contributed by atoms with E-state index in [1.54, 1.807) is 0 Å². The van der Waals surface area contributed by atoms with Crippen LogP contribution < -0.4 is 0 Å². The summed E-state index contributed by atoms with van der Waals surface area (Å²) in [6, 6.07) is 1.48. The Kier molecular flexibility index (Phi) is 4.23. The van der Waals surface area contributed by atoms with E-state index in [-0.39, 0.29) is 6.54 Å². The number of halogens is 3. The van der Waals surface area contributed by atoms with Crippen molar-refractivity contribution in [2.24, 2.45) is 5.92 Å². The highest BCUT2D eigenvalue weighted by molar-refractivity contribution is 6.30. The molecule has 0 spiro atoms. The monoisotopic (exact) mass is 303 g/mol. The molecule has 0 radical (unpaired) electrons. The van der Waals surface area contributed by atoms with E-state index in [1.807, 2.05) is 0 Å². The summed E-state index contributed by atoms with van der Waals surface area (Å²) in [5, 5.41) is 8.55. The van der Waals surface area contributed by atoms with E-state index >= 15 is 0 Å². The Hall–Kier alpha value is -1.69. The largest absolute Gasteiger partial charge is 0.481 e. The van der Waals surface area contributed by atoms with Gasteiger partial charge in [-0.1, -0.05) is 11.6 Å². The van der Waals surface area contributed by atoms with Crippen LogP contribution in [0.1, 0.15) is 23.2 Å². The van der Waals surface area contributed by atoms with Gasteiger partial charge in [-0.25, -0.2) is 8.78 Å². The predicted molar refractivity (Wildman–Crippen MR) is 67.6 cm³/mol. The molecule has 1 aromatic carbocycles. The maximum absolute atomic E-state index is 13.7. The van der Waals surface area contributed by atoms with Crippen molar-refractivity contribution in [2.75, 3.05) is 13.1 Å². The van der Waals surface area contributed by atoms with E-state index in [1.165, 1.54) is 4.90 Å². The lowest BCUT2D eigenvalue weighted by molar-refractivity contribution is -0.143. The van der Waals surface area contributed by atoms with Crippen LogP contribution in [-0.2, 0) is 4.79 Å². The number of carbonyl (C=O) groups excluding carboxylic acids is 1. The summed E-state index contributed by atoms with van der Waals surface area (Å²) in [4.78, 5) is 24.3. The lowest BCUT2D eigenvalue weighted by atomic mass is 9.97. The Bertz CT molecular complexity index is 565. The summed E-state index contributed by atoms with van der Waals surface area (Å²) in [5.41, 5.74) is -0.432. The van der Waals surface area contributed by atoms with Gasteiger partial charge in [-0.15, -0.1) is 0 Å². The standard InChI is InChI=1S/C13H12ClF2NO3/c14-9-5-10(15)8(4-11(9)16)12(18)17-3-1-2-7(6-17)13(19)20/h4-5,7H,1-3,6H2,(H,19,20)/t7-/m1/s1. The molecule has 0 saturated carbocycles. The fraction of sp³-hybridized carbons (Fsp3) is 0.385. The van der Waals surface area contributed by atoms with Gasteiger partial charge < -0.3 is 10.0 Å². The number of hydrogen-bond donors (Lipinski definition) is 1. The molecular weight excluding hydrogens is 292 g/mol. The third-order valence-electron chi connectivity index (χ3n) is 3.30. The van der Waals surface area contributed by atoms with Crippen molar-refractivity contribution in [1.82, 2.24) is 4.90 Å². The normalized spacial score (nSPS) is 18.9. The zero-order valence-corrected chi connectivity index (χ0v) is 11.2. The first-order valence-corrected chi connectivity index (χ1v) is 6.44. The van der Waals surface area contributed by atoms with Crippen LogP contribution in [0.3, 0.4) is 0 Å². The summed E-state index contributed by atoms with van der Waals surface area (Å²) >= 11 is 5.42. The van der Waals surface area contributed by atoms with Crippen LogP contribution in [-0.4, -0.2) is 35.0 Å². The molecular formula is C13H12ClF2NO3. The van der Waals surface area contributed by atoms with Crippen molar-refractivity contribution >= 4 is 23.5 Å². The molecule has 1 heterocycles. The predicted octanol–water partition coefficient (Wildman–Crippen LogP) is 2.56. The van der Waals surface area contributed by atoms with Crippen molar-refractivity contribution in [3.8, 4) is 0 Å². The number of likely N-dealkylation sites (tertiary alicyclic amines) is 1. The van der Waals surface area contributed by atoms with Gasteiger partial charge in [0.25, 0.3) is 5.91 Å². The molecule has 108 valence electrons. The second-order valence-electron chi connectivity index (χ2n) is 4.67. The fourth-order valence-electron chi connectivity index (χ4n) is 2.22. The summed E-state index contributed by atoms with van der Waals surface area (Å²) in [6.45, 7) is 0.324. The molecule has 1 N–H and O–H groups in total. The van der Waals surface area contributed by atoms with Gasteiger partial charge in [-0.2, -0.15) is 0 Å². The topological polar surface area (TPSA) is 57.6 Å². The number of aliphatic carboxylic acids is 1. The smallest absolute Gasteiger partial charge is 0.308 e. The van der Waals surface area contributed by atoms with Gasteiger partial charge >= 0.3 is 5.97 Å². The molecule has 1 saturated heterocycles. The number of hydrogen-bond acceptors (Lipinski definition) is 2. The van der Waals surface area contributed by atoms with Gasteiger partial charge in [0.15, 0.2) is 0 Å². The lowest BCUT2D eigenvalue weighted by Crippen LogP contribution is -2.42. The van der Waals surface area contributed by atoms with E-state index in [4.69, 9.17) is 16.7 Å². The molecule has 2 rings (SSSR count). The van der Waals surface area contributed by atoms with Gasteiger partial charge in [0.05, 0.1) is 16.5 Å². The number of piperidine rings is 1. The Labute approximate surface area is 118 Å². The first kappa shape index (κ1) is 14.7. The zero-order valence-electron chi connectivity index (χ0n) is 10.4. The molecule has 1 aliphatic rings. The minimum Gasteiger partial charge on any atom is -0.481 e. The molecule has 1 aromatic rings. The molecule has 0 bridgehead atoms. The highest BCUT2D eigenvalue weighted by Gasteiger charge is 2.30. The Morgan fingerprint density at radius 1 is 1.30 bits per heavy atom. The molecule has 0 aliphatic carbocycles. The van der Waals surface area contributed by atoms with Crippen LogP contribution in [0.15, 0.2) is 12.1 Å². The minimum atomic E-state index is -0.995. The van der Waals surface area contributed by atoms with Crippen LogP contribution in [0.5, 0.6) is 0 Å². The molecule has 1 atom stereocenters. The SMILES string of the molecule is O=C(O)[C@@H]1CCCN(C(=O)c2cc(F)c(Cl)cc2F)C1. The molecule has 7 heteroatoms.